The molecule has 2 rings (SSSR count). The van der Waals surface area contributed by atoms with Crippen LogP contribution in [0.1, 0.15) is 6.92 Å². The molecular formula is C13H17Cl2N3O3. The lowest BCUT2D eigenvalue weighted by Crippen LogP contribution is -2.45. The van der Waals surface area contributed by atoms with Crippen LogP contribution >= 0.6 is 24.0 Å². The highest BCUT2D eigenvalue weighted by atomic mass is 35.5. The molecule has 1 aromatic carbocycles. The molecule has 6 nitrogen and oxygen atoms in total. The molecule has 0 aromatic heterocycles. The molecule has 1 fully saturated rings. The molecule has 21 heavy (non-hydrogen) atoms. The third-order valence-electron chi connectivity index (χ3n) is 2.77. The maximum Gasteiger partial charge on any atom is 0.254 e. The highest BCUT2D eigenvalue weighted by Crippen LogP contribution is 2.25. The molecule has 0 aliphatic carbocycles. The van der Waals surface area contributed by atoms with E-state index in [-0.39, 0.29) is 24.2 Å². The number of rotatable bonds is 3. The van der Waals surface area contributed by atoms with Crippen LogP contribution in [0.5, 0.6) is 0 Å². The summed E-state index contributed by atoms with van der Waals surface area (Å²) in [6.45, 7) is 3.16. The van der Waals surface area contributed by atoms with Crippen LogP contribution in [0.2, 0.25) is 5.02 Å². The van der Waals surface area contributed by atoms with Gasteiger partial charge in [-0.25, -0.2) is 0 Å². The van der Waals surface area contributed by atoms with E-state index in [4.69, 9.17) is 16.3 Å². The third kappa shape index (κ3) is 5.17. The molecule has 1 saturated heterocycles. The number of benzene rings is 1. The molecule has 1 aliphatic rings. The number of morpholine rings is 1. The lowest BCUT2D eigenvalue weighted by atomic mass is 10.2. The van der Waals surface area contributed by atoms with Crippen LogP contribution in [-0.4, -0.2) is 37.6 Å². The summed E-state index contributed by atoms with van der Waals surface area (Å²) < 4.78 is 5.35. The standard InChI is InChI=1S/C13H16ClN3O3.ClH/c1-8(18)16-11-3-2-9(6-10(11)14)17-13(19)12-7-15-4-5-20-12;/h2-3,6,12,15H,4-5,7H2,1H3,(H,16,18)(H,17,19);1H. The number of carbonyl (C=O) groups excluding carboxylic acids is 2. The molecule has 2 amide bonds. The maximum atomic E-state index is 12.0. The summed E-state index contributed by atoms with van der Waals surface area (Å²) in [5, 5.41) is 8.78. The number of anilines is 2. The quantitative estimate of drug-likeness (QED) is 0.785. The fraction of sp³-hybridized carbons (Fsp3) is 0.385. The molecule has 1 aromatic rings. The fourth-order valence-electron chi connectivity index (χ4n) is 1.84. The zero-order valence-corrected chi connectivity index (χ0v) is 13.0. The summed E-state index contributed by atoms with van der Waals surface area (Å²) in [7, 11) is 0. The maximum absolute atomic E-state index is 12.0. The topological polar surface area (TPSA) is 79.5 Å². The number of ether oxygens (including phenoxy) is 1. The smallest absolute Gasteiger partial charge is 0.254 e. The second-order valence-electron chi connectivity index (χ2n) is 4.43. The van der Waals surface area contributed by atoms with E-state index in [9.17, 15) is 9.59 Å². The van der Waals surface area contributed by atoms with Gasteiger partial charge in [-0.1, -0.05) is 11.6 Å². The van der Waals surface area contributed by atoms with Crippen LogP contribution in [0.25, 0.3) is 0 Å². The summed E-state index contributed by atoms with van der Waals surface area (Å²) in [5.41, 5.74) is 1.07. The van der Waals surface area contributed by atoms with Crippen LogP contribution in [-0.2, 0) is 14.3 Å². The Hall–Kier alpha value is -1.34. The van der Waals surface area contributed by atoms with E-state index in [1.54, 1.807) is 18.2 Å². The van der Waals surface area contributed by atoms with Gasteiger partial charge in [-0.05, 0) is 18.2 Å². The van der Waals surface area contributed by atoms with Gasteiger partial charge in [-0.3, -0.25) is 9.59 Å². The van der Waals surface area contributed by atoms with Gasteiger partial charge in [0.2, 0.25) is 5.91 Å². The third-order valence-corrected chi connectivity index (χ3v) is 3.08. The van der Waals surface area contributed by atoms with Gasteiger partial charge in [0.15, 0.2) is 0 Å². The van der Waals surface area contributed by atoms with Crippen LogP contribution in [0, 0.1) is 0 Å². The van der Waals surface area contributed by atoms with Crippen molar-refractivity contribution in [2.45, 2.75) is 13.0 Å². The Morgan fingerprint density at radius 1 is 1.38 bits per heavy atom. The second kappa shape index (κ2) is 8.19. The van der Waals surface area contributed by atoms with Gasteiger partial charge in [0, 0.05) is 25.7 Å². The van der Waals surface area contributed by atoms with Gasteiger partial charge < -0.3 is 20.7 Å². The first kappa shape index (κ1) is 17.7. The highest BCUT2D eigenvalue weighted by Gasteiger charge is 2.21. The summed E-state index contributed by atoms with van der Waals surface area (Å²) >= 11 is 6.03. The van der Waals surface area contributed by atoms with E-state index in [1.807, 2.05) is 0 Å². The Labute approximate surface area is 134 Å². The Morgan fingerprint density at radius 2 is 2.14 bits per heavy atom. The first-order valence-corrected chi connectivity index (χ1v) is 6.64. The minimum Gasteiger partial charge on any atom is -0.366 e. The SMILES string of the molecule is CC(=O)Nc1ccc(NC(=O)C2CNCCO2)cc1Cl.Cl. The number of hydrogen-bond acceptors (Lipinski definition) is 4. The number of halogens is 2. The van der Waals surface area contributed by atoms with Gasteiger partial charge in [-0.15, -0.1) is 12.4 Å². The minimum absolute atomic E-state index is 0. The predicted octanol–water partition coefficient (Wildman–Crippen LogP) is 1.65. The van der Waals surface area contributed by atoms with Gasteiger partial charge in [0.1, 0.15) is 6.10 Å². The van der Waals surface area contributed by atoms with Crippen molar-refractivity contribution >= 4 is 47.2 Å². The summed E-state index contributed by atoms with van der Waals surface area (Å²) in [5.74, 6) is -0.425. The van der Waals surface area contributed by atoms with Gasteiger partial charge in [0.25, 0.3) is 5.91 Å². The van der Waals surface area contributed by atoms with Crippen LogP contribution in [0.3, 0.4) is 0 Å². The molecular weight excluding hydrogens is 317 g/mol. The zero-order chi connectivity index (χ0) is 14.5. The first-order chi connectivity index (χ1) is 9.56. The van der Waals surface area contributed by atoms with Crippen molar-refractivity contribution in [2.75, 3.05) is 30.3 Å². The largest absolute Gasteiger partial charge is 0.366 e. The molecule has 1 unspecified atom stereocenters. The van der Waals surface area contributed by atoms with E-state index in [1.165, 1.54) is 6.92 Å². The van der Waals surface area contributed by atoms with E-state index in [2.05, 4.69) is 16.0 Å². The lowest BCUT2D eigenvalue weighted by molar-refractivity contribution is -0.128. The fourth-order valence-corrected chi connectivity index (χ4v) is 2.07. The van der Waals surface area contributed by atoms with Gasteiger partial charge in [-0.2, -0.15) is 0 Å². The highest BCUT2D eigenvalue weighted by molar-refractivity contribution is 6.34. The second-order valence-corrected chi connectivity index (χ2v) is 4.84. The van der Waals surface area contributed by atoms with Crippen molar-refractivity contribution in [2.24, 2.45) is 0 Å². The Bertz CT molecular complexity index is 519. The van der Waals surface area contributed by atoms with E-state index < -0.39 is 6.10 Å². The van der Waals surface area contributed by atoms with Crippen molar-refractivity contribution in [1.29, 1.82) is 0 Å². The van der Waals surface area contributed by atoms with Crippen molar-refractivity contribution in [3.05, 3.63) is 23.2 Å². The van der Waals surface area contributed by atoms with E-state index >= 15 is 0 Å². The molecule has 0 radical (unpaired) electrons. The van der Waals surface area contributed by atoms with Gasteiger partial charge >= 0.3 is 0 Å². The molecule has 0 bridgehead atoms. The van der Waals surface area contributed by atoms with Crippen molar-refractivity contribution in [3.8, 4) is 0 Å². The molecule has 116 valence electrons. The van der Waals surface area contributed by atoms with Crippen LogP contribution in [0.15, 0.2) is 18.2 Å². The number of carbonyl (C=O) groups is 2. The monoisotopic (exact) mass is 333 g/mol. The first-order valence-electron chi connectivity index (χ1n) is 6.26. The van der Waals surface area contributed by atoms with Crippen molar-refractivity contribution in [1.82, 2.24) is 5.32 Å². The Balaban J connectivity index is 0.00000220. The average Bonchev–Trinajstić information content (AvgIpc) is 2.42. The summed E-state index contributed by atoms with van der Waals surface area (Å²) in [4.78, 5) is 22.9. The minimum atomic E-state index is -0.502. The molecule has 8 heteroatoms. The van der Waals surface area contributed by atoms with E-state index in [0.29, 0.717) is 29.5 Å². The molecule has 0 spiro atoms. The average molecular weight is 334 g/mol. The number of hydrogen-bond donors (Lipinski definition) is 3. The normalized spacial score (nSPS) is 17.5. The Kier molecular flexibility index (Phi) is 6.91. The van der Waals surface area contributed by atoms with Crippen LogP contribution in [0.4, 0.5) is 11.4 Å². The predicted molar refractivity (Wildman–Crippen MR) is 84.2 cm³/mol. The van der Waals surface area contributed by atoms with Gasteiger partial charge in [0.05, 0.1) is 17.3 Å². The lowest BCUT2D eigenvalue weighted by Gasteiger charge is -2.22. The summed E-state index contributed by atoms with van der Waals surface area (Å²) in [6, 6.07) is 4.89. The molecule has 1 aliphatic heterocycles. The Morgan fingerprint density at radius 3 is 2.71 bits per heavy atom. The number of amides is 2. The van der Waals surface area contributed by atoms with Crippen LogP contribution < -0.4 is 16.0 Å². The molecule has 0 saturated carbocycles. The summed E-state index contributed by atoms with van der Waals surface area (Å²) in [6.07, 6.45) is -0.502. The zero-order valence-electron chi connectivity index (χ0n) is 11.4. The molecule has 1 heterocycles. The molecule has 3 N–H and O–H groups in total. The van der Waals surface area contributed by atoms with Crippen molar-refractivity contribution in [3.63, 3.8) is 0 Å². The van der Waals surface area contributed by atoms with Crippen molar-refractivity contribution < 1.29 is 14.3 Å². The number of nitrogens with one attached hydrogen (secondary N) is 3. The van der Waals surface area contributed by atoms with E-state index in [0.717, 1.165) is 6.54 Å². The molecule has 1 atom stereocenters.